The van der Waals surface area contributed by atoms with Gasteiger partial charge in [0.25, 0.3) is 0 Å². The number of hydrogen-bond acceptors (Lipinski definition) is 5. The fourth-order valence-corrected chi connectivity index (χ4v) is 1.92. The Kier molecular flexibility index (Phi) is 6.98. The fourth-order valence-electron chi connectivity index (χ4n) is 1.92. The molecule has 8 nitrogen and oxygen atoms in total. The van der Waals surface area contributed by atoms with Gasteiger partial charge in [-0.3, -0.25) is 4.79 Å². The van der Waals surface area contributed by atoms with Gasteiger partial charge in [0, 0.05) is 25.7 Å². The second kappa shape index (κ2) is 8.72. The lowest BCUT2D eigenvalue weighted by Crippen LogP contribution is -2.38. The summed E-state index contributed by atoms with van der Waals surface area (Å²) in [6.45, 7) is 0.296. The number of carboxylic acids is 1. The summed E-state index contributed by atoms with van der Waals surface area (Å²) in [6, 6.07) is 3.00. The molecule has 0 spiro atoms. The van der Waals surface area contributed by atoms with Gasteiger partial charge in [-0.15, -0.1) is 0 Å². The Hall–Kier alpha value is -2.64. The van der Waals surface area contributed by atoms with Gasteiger partial charge < -0.3 is 29.5 Å². The molecule has 2 N–H and O–H groups in total. The molecule has 0 aromatic heterocycles. The highest BCUT2D eigenvalue weighted by Crippen LogP contribution is 2.33. The maximum Gasteiger partial charge on any atom is 0.317 e. The Labute approximate surface area is 134 Å². The molecule has 1 rings (SSSR count). The van der Waals surface area contributed by atoms with E-state index < -0.39 is 5.97 Å². The monoisotopic (exact) mass is 326 g/mol. The summed E-state index contributed by atoms with van der Waals surface area (Å²) in [5.41, 5.74) is 0.663. The summed E-state index contributed by atoms with van der Waals surface area (Å²) in [4.78, 5) is 23.8. The molecule has 2 amide bonds. The summed E-state index contributed by atoms with van der Waals surface area (Å²) in [5.74, 6) is 0.667. The van der Waals surface area contributed by atoms with Crippen molar-refractivity contribution in [2.75, 3.05) is 34.9 Å². The summed E-state index contributed by atoms with van der Waals surface area (Å²) in [7, 11) is 6.09. The molecule has 0 aliphatic carbocycles. The molecule has 0 unspecified atom stereocenters. The van der Waals surface area contributed by atoms with Crippen LogP contribution < -0.4 is 19.5 Å². The van der Waals surface area contributed by atoms with E-state index in [-0.39, 0.29) is 25.5 Å². The van der Waals surface area contributed by atoms with Gasteiger partial charge >= 0.3 is 12.0 Å². The lowest BCUT2D eigenvalue weighted by Gasteiger charge is -2.19. The molecule has 0 saturated carbocycles. The van der Waals surface area contributed by atoms with Crippen molar-refractivity contribution in [1.29, 1.82) is 0 Å². The molecule has 0 radical (unpaired) electrons. The third kappa shape index (κ3) is 5.24. The Morgan fingerprint density at radius 2 is 1.70 bits per heavy atom. The van der Waals surface area contributed by atoms with Gasteiger partial charge in [0.1, 0.15) is 17.2 Å². The van der Waals surface area contributed by atoms with Crippen LogP contribution in [0.5, 0.6) is 17.2 Å². The minimum atomic E-state index is -0.955. The molecular weight excluding hydrogens is 304 g/mol. The molecule has 0 atom stereocenters. The molecule has 1 aromatic rings. The van der Waals surface area contributed by atoms with Gasteiger partial charge in [0.15, 0.2) is 0 Å². The largest absolute Gasteiger partial charge is 0.496 e. The molecule has 0 saturated heterocycles. The number of benzene rings is 1. The standard InChI is InChI=1S/C15H22N2O6/c1-17(6-5-14(18)19)15(20)16-9-11-12(22-3)7-10(21-2)8-13(11)23-4/h7-8H,5-6,9H2,1-4H3,(H,16,20)(H,18,19). The van der Waals surface area contributed by atoms with E-state index in [4.69, 9.17) is 19.3 Å². The van der Waals surface area contributed by atoms with Gasteiger partial charge in [-0.25, -0.2) is 4.79 Å². The molecule has 0 heterocycles. The van der Waals surface area contributed by atoms with E-state index in [0.717, 1.165) is 0 Å². The molecule has 0 bridgehead atoms. The number of carbonyl (C=O) groups excluding carboxylic acids is 1. The number of rotatable bonds is 8. The van der Waals surface area contributed by atoms with E-state index in [1.165, 1.54) is 33.3 Å². The predicted octanol–water partition coefficient (Wildman–Crippen LogP) is 1.33. The summed E-state index contributed by atoms with van der Waals surface area (Å²) >= 11 is 0. The number of hydrogen-bond donors (Lipinski definition) is 2. The maximum absolute atomic E-state index is 12.0. The normalized spacial score (nSPS) is 9.91. The van der Waals surface area contributed by atoms with Crippen molar-refractivity contribution in [3.8, 4) is 17.2 Å². The first kappa shape index (κ1) is 18.4. The molecule has 0 fully saturated rings. The molecule has 0 aliphatic heterocycles. The number of aliphatic carboxylic acids is 1. The number of urea groups is 1. The number of carbonyl (C=O) groups is 2. The van der Waals surface area contributed by atoms with Gasteiger partial charge in [-0.2, -0.15) is 0 Å². The van der Waals surface area contributed by atoms with Gasteiger partial charge in [-0.1, -0.05) is 0 Å². The van der Waals surface area contributed by atoms with Crippen molar-refractivity contribution in [3.05, 3.63) is 17.7 Å². The lowest BCUT2D eigenvalue weighted by molar-refractivity contribution is -0.137. The van der Waals surface area contributed by atoms with Gasteiger partial charge in [-0.05, 0) is 0 Å². The number of nitrogens with one attached hydrogen (secondary N) is 1. The summed E-state index contributed by atoms with van der Waals surface area (Å²) in [6.07, 6.45) is -0.112. The first-order chi connectivity index (χ1) is 10.9. The lowest BCUT2D eigenvalue weighted by atomic mass is 10.1. The van der Waals surface area contributed by atoms with E-state index in [9.17, 15) is 9.59 Å². The third-order valence-electron chi connectivity index (χ3n) is 3.24. The molecule has 23 heavy (non-hydrogen) atoms. The second-order valence-corrected chi connectivity index (χ2v) is 4.73. The number of carboxylic acid groups (broad SMARTS) is 1. The van der Waals surface area contributed by atoms with E-state index >= 15 is 0 Å². The minimum absolute atomic E-state index is 0.112. The zero-order valence-electron chi connectivity index (χ0n) is 13.7. The highest BCUT2D eigenvalue weighted by Gasteiger charge is 2.16. The van der Waals surface area contributed by atoms with Crippen molar-refractivity contribution in [2.45, 2.75) is 13.0 Å². The molecule has 8 heteroatoms. The average molecular weight is 326 g/mol. The van der Waals surface area contributed by atoms with Crippen LogP contribution in [0.1, 0.15) is 12.0 Å². The molecule has 1 aromatic carbocycles. The van der Waals surface area contributed by atoms with Crippen LogP contribution in [0.15, 0.2) is 12.1 Å². The van der Waals surface area contributed by atoms with Crippen LogP contribution in [0.2, 0.25) is 0 Å². The molecule has 0 aliphatic rings. The number of nitrogens with zero attached hydrogens (tertiary/aromatic N) is 1. The molecule has 128 valence electrons. The molecular formula is C15H22N2O6. The quantitative estimate of drug-likeness (QED) is 0.748. The number of ether oxygens (including phenoxy) is 3. The van der Waals surface area contributed by atoms with Crippen LogP contribution in [0.3, 0.4) is 0 Å². The Bertz CT molecular complexity index is 536. The Morgan fingerprint density at radius 1 is 1.13 bits per heavy atom. The highest BCUT2D eigenvalue weighted by molar-refractivity contribution is 5.75. The second-order valence-electron chi connectivity index (χ2n) is 4.73. The first-order valence-corrected chi connectivity index (χ1v) is 6.92. The van der Waals surface area contributed by atoms with E-state index in [1.54, 1.807) is 12.1 Å². The fraction of sp³-hybridized carbons (Fsp3) is 0.467. The van der Waals surface area contributed by atoms with Crippen LogP contribution in [-0.2, 0) is 11.3 Å². The van der Waals surface area contributed by atoms with E-state index in [0.29, 0.717) is 22.8 Å². The van der Waals surface area contributed by atoms with Crippen molar-refractivity contribution >= 4 is 12.0 Å². The number of amides is 2. The first-order valence-electron chi connectivity index (χ1n) is 6.92. The van der Waals surface area contributed by atoms with Gasteiger partial charge in [0.05, 0.1) is 39.9 Å². The van der Waals surface area contributed by atoms with Crippen molar-refractivity contribution in [2.24, 2.45) is 0 Å². The third-order valence-corrected chi connectivity index (χ3v) is 3.24. The summed E-state index contributed by atoms with van der Waals surface area (Å²) in [5, 5.41) is 11.3. The SMILES string of the molecule is COc1cc(OC)c(CNC(=O)N(C)CCC(=O)O)c(OC)c1. The highest BCUT2D eigenvalue weighted by atomic mass is 16.5. The van der Waals surface area contributed by atoms with Crippen molar-refractivity contribution in [1.82, 2.24) is 10.2 Å². The topological polar surface area (TPSA) is 97.3 Å². The summed E-state index contributed by atoms with van der Waals surface area (Å²) < 4.78 is 15.8. The predicted molar refractivity (Wildman–Crippen MR) is 83.2 cm³/mol. The van der Waals surface area contributed by atoms with Crippen LogP contribution in [0.4, 0.5) is 4.79 Å². The van der Waals surface area contributed by atoms with E-state index in [1.807, 2.05) is 0 Å². The van der Waals surface area contributed by atoms with Crippen molar-refractivity contribution in [3.63, 3.8) is 0 Å². The Balaban J connectivity index is 2.80. The smallest absolute Gasteiger partial charge is 0.317 e. The zero-order valence-corrected chi connectivity index (χ0v) is 13.7. The number of methoxy groups -OCH3 is 3. The Morgan fingerprint density at radius 3 is 2.13 bits per heavy atom. The minimum Gasteiger partial charge on any atom is -0.496 e. The van der Waals surface area contributed by atoms with Gasteiger partial charge in [0.2, 0.25) is 0 Å². The van der Waals surface area contributed by atoms with Crippen LogP contribution in [0.25, 0.3) is 0 Å². The average Bonchev–Trinajstić information content (AvgIpc) is 2.56. The van der Waals surface area contributed by atoms with E-state index in [2.05, 4.69) is 5.32 Å². The van der Waals surface area contributed by atoms with Crippen LogP contribution in [0, 0.1) is 0 Å². The van der Waals surface area contributed by atoms with Crippen LogP contribution >= 0.6 is 0 Å². The van der Waals surface area contributed by atoms with Crippen LogP contribution in [-0.4, -0.2) is 56.9 Å². The maximum atomic E-state index is 12.0. The zero-order chi connectivity index (χ0) is 17.4. The van der Waals surface area contributed by atoms with Crippen molar-refractivity contribution < 1.29 is 28.9 Å².